The number of hydrogen-bond acceptors (Lipinski definition) is 2. The van der Waals surface area contributed by atoms with Crippen LogP contribution in [0.3, 0.4) is 0 Å². The van der Waals surface area contributed by atoms with Crippen LogP contribution in [0, 0.1) is 0 Å². The second-order valence-corrected chi connectivity index (χ2v) is 14.7. The first kappa shape index (κ1) is 31.7. The summed E-state index contributed by atoms with van der Waals surface area (Å²) >= 11 is 3.64. The van der Waals surface area contributed by atoms with Crippen molar-refractivity contribution in [2.75, 3.05) is 9.80 Å². The lowest BCUT2D eigenvalue weighted by Crippen LogP contribution is -2.30. The largest absolute Gasteiger partial charge is 0.310 e. The first-order valence-electron chi connectivity index (χ1n) is 16.6. The molecule has 6 aromatic carbocycles. The maximum absolute atomic E-state index is 4.13. The maximum Gasteiger partial charge on any atom is 0.0503 e. The molecule has 238 valence electrons. The van der Waals surface area contributed by atoms with E-state index in [9.17, 15) is 0 Å². The standard InChI is InChI=1S/C24H23N.C21H18BrN/c1-17(2)18-14-15-23-21(16-18)24(3,4)20-12-8-9-13-22(20)25(23)19-10-6-5-7-11-19;1-21(2)17-10-6-7-11-19(17)23(16-8-4-3-5-9-16)20-13-12-15(22)14-18(20)21/h5-16H,1H2,2-4H3;3-14H,1-2H3. The maximum atomic E-state index is 4.13. The topological polar surface area (TPSA) is 6.48 Å². The van der Waals surface area contributed by atoms with Gasteiger partial charge in [-0.15, -0.1) is 0 Å². The van der Waals surface area contributed by atoms with Gasteiger partial charge in [0.05, 0.1) is 22.7 Å². The van der Waals surface area contributed by atoms with Gasteiger partial charge in [0.25, 0.3) is 0 Å². The SMILES string of the molecule is C=C(C)c1ccc2c(c1)C(C)(C)c1ccccc1N2c1ccccc1.CC1(C)c2ccccc2N(c2ccccc2)c2ccc(Br)cc21. The highest BCUT2D eigenvalue weighted by Gasteiger charge is 2.38. The van der Waals surface area contributed by atoms with E-state index in [1.54, 1.807) is 0 Å². The molecule has 0 N–H and O–H groups in total. The van der Waals surface area contributed by atoms with Gasteiger partial charge in [0.2, 0.25) is 0 Å². The molecular weight excluding hydrogens is 648 g/mol. The molecule has 2 heterocycles. The van der Waals surface area contributed by atoms with E-state index in [1.807, 2.05) is 0 Å². The van der Waals surface area contributed by atoms with Crippen LogP contribution in [0.5, 0.6) is 0 Å². The van der Waals surface area contributed by atoms with Crippen LogP contribution < -0.4 is 9.80 Å². The zero-order valence-electron chi connectivity index (χ0n) is 28.3. The molecule has 0 spiro atoms. The Labute approximate surface area is 294 Å². The smallest absolute Gasteiger partial charge is 0.0503 e. The summed E-state index contributed by atoms with van der Waals surface area (Å²) in [6.45, 7) is 15.4. The zero-order valence-corrected chi connectivity index (χ0v) is 29.9. The molecular formula is C45H41BrN2. The molecule has 8 rings (SSSR count). The third-order valence-corrected chi connectivity index (χ3v) is 10.4. The van der Waals surface area contributed by atoms with Gasteiger partial charge in [-0.05, 0) is 101 Å². The molecule has 6 aromatic rings. The van der Waals surface area contributed by atoms with Gasteiger partial charge >= 0.3 is 0 Å². The first-order chi connectivity index (χ1) is 23.1. The third kappa shape index (κ3) is 5.37. The Balaban J connectivity index is 0.000000152. The van der Waals surface area contributed by atoms with Crippen molar-refractivity contribution in [1.29, 1.82) is 0 Å². The van der Waals surface area contributed by atoms with E-state index in [1.165, 1.54) is 61.9 Å². The van der Waals surface area contributed by atoms with E-state index in [0.717, 1.165) is 10.0 Å². The molecule has 2 aliphatic rings. The summed E-state index contributed by atoms with van der Waals surface area (Å²) in [6.07, 6.45) is 0. The molecule has 0 amide bonds. The van der Waals surface area contributed by atoms with Crippen molar-refractivity contribution in [3.8, 4) is 0 Å². The first-order valence-corrected chi connectivity index (χ1v) is 17.4. The Morgan fingerprint density at radius 2 is 0.875 bits per heavy atom. The van der Waals surface area contributed by atoms with Crippen LogP contribution in [0.1, 0.15) is 62.4 Å². The molecule has 0 saturated heterocycles. The molecule has 0 fully saturated rings. The molecule has 0 saturated carbocycles. The molecule has 0 aromatic heterocycles. The number of para-hydroxylation sites is 4. The normalized spacial score (nSPS) is 14.8. The van der Waals surface area contributed by atoms with E-state index < -0.39 is 0 Å². The summed E-state index contributed by atoms with van der Waals surface area (Å²) in [5.74, 6) is 0. The quantitative estimate of drug-likeness (QED) is 0.182. The Morgan fingerprint density at radius 3 is 1.35 bits per heavy atom. The number of benzene rings is 6. The van der Waals surface area contributed by atoms with E-state index in [-0.39, 0.29) is 10.8 Å². The Kier molecular flexibility index (Phi) is 8.13. The van der Waals surface area contributed by atoms with Crippen LogP contribution in [0.25, 0.3) is 5.57 Å². The molecule has 0 radical (unpaired) electrons. The van der Waals surface area contributed by atoms with Crippen molar-refractivity contribution in [3.05, 3.63) is 184 Å². The molecule has 0 aliphatic carbocycles. The van der Waals surface area contributed by atoms with Gasteiger partial charge in [0.15, 0.2) is 0 Å². The van der Waals surface area contributed by atoms with Gasteiger partial charge in [0, 0.05) is 26.7 Å². The lowest BCUT2D eigenvalue weighted by Gasteiger charge is -2.42. The van der Waals surface area contributed by atoms with E-state index in [2.05, 4.69) is 213 Å². The van der Waals surface area contributed by atoms with E-state index in [4.69, 9.17) is 0 Å². The minimum atomic E-state index is -0.0529. The summed E-state index contributed by atoms with van der Waals surface area (Å²) in [6, 6.07) is 52.0. The van der Waals surface area contributed by atoms with Crippen molar-refractivity contribution in [3.63, 3.8) is 0 Å². The van der Waals surface area contributed by atoms with Crippen LogP contribution in [0.15, 0.2) is 157 Å². The monoisotopic (exact) mass is 688 g/mol. The molecule has 0 bridgehead atoms. The molecule has 0 unspecified atom stereocenters. The van der Waals surface area contributed by atoms with Crippen LogP contribution in [0.2, 0.25) is 0 Å². The molecule has 0 atom stereocenters. The highest BCUT2D eigenvalue weighted by Crippen LogP contribution is 2.53. The van der Waals surface area contributed by atoms with Crippen LogP contribution >= 0.6 is 15.9 Å². The van der Waals surface area contributed by atoms with Gasteiger partial charge in [-0.3, -0.25) is 0 Å². The van der Waals surface area contributed by atoms with Crippen molar-refractivity contribution < 1.29 is 0 Å². The Morgan fingerprint density at radius 1 is 0.479 bits per heavy atom. The number of allylic oxidation sites excluding steroid dienone is 1. The second-order valence-electron chi connectivity index (χ2n) is 13.8. The predicted octanol–water partition coefficient (Wildman–Crippen LogP) is 13.4. The lowest BCUT2D eigenvalue weighted by molar-refractivity contribution is 0.631. The second kappa shape index (κ2) is 12.3. The minimum Gasteiger partial charge on any atom is -0.310 e. The number of rotatable bonds is 3. The van der Waals surface area contributed by atoms with Crippen LogP contribution in [0.4, 0.5) is 34.1 Å². The fourth-order valence-electron chi connectivity index (χ4n) is 7.36. The van der Waals surface area contributed by atoms with Gasteiger partial charge in [0.1, 0.15) is 0 Å². The Hall–Kier alpha value is -4.86. The van der Waals surface area contributed by atoms with Gasteiger partial charge in [-0.2, -0.15) is 0 Å². The summed E-state index contributed by atoms with van der Waals surface area (Å²) in [5.41, 5.74) is 15.0. The number of anilines is 6. The van der Waals surface area contributed by atoms with Gasteiger partial charge in [-0.25, -0.2) is 0 Å². The average Bonchev–Trinajstić information content (AvgIpc) is 3.10. The summed E-state index contributed by atoms with van der Waals surface area (Å²) in [5, 5.41) is 0. The summed E-state index contributed by atoms with van der Waals surface area (Å²) in [4.78, 5) is 4.74. The fraction of sp³-hybridized carbons (Fsp3) is 0.156. The predicted molar refractivity (Wildman–Crippen MR) is 209 cm³/mol. The molecule has 48 heavy (non-hydrogen) atoms. The molecule has 2 aliphatic heterocycles. The van der Waals surface area contributed by atoms with Crippen molar-refractivity contribution in [2.45, 2.75) is 45.4 Å². The Bertz CT molecular complexity index is 2130. The number of hydrogen-bond donors (Lipinski definition) is 0. The average molecular weight is 690 g/mol. The summed E-state index contributed by atoms with van der Waals surface area (Å²) < 4.78 is 1.12. The third-order valence-electron chi connectivity index (χ3n) is 9.94. The summed E-state index contributed by atoms with van der Waals surface area (Å²) in [7, 11) is 0. The van der Waals surface area contributed by atoms with Crippen molar-refractivity contribution in [2.24, 2.45) is 0 Å². The number of nitrogens with zero attached hydrogens (tertiary/aromatic N) is 2. The minimum absolute atomic E-state index is 0.0268. The zero-order chi connectivity index (χ0) is 33.6. The highest BCUT2D eigenvalue weighted by atomic mass is 79.9. The van der Waals surface area contributed by atoms with Gasteiger partial charge in [-0.1, -0.05) is 135 Å². The van der Waals surface area contributed by atoms with E-state index >= 15 is 0 Å². The van der Waals surface area contributed by atoms with Crippen LogP contribution in [-0.4, -0.2) is 0 Å². The number of fused-ring (bicyclic) bond motifs is 4. The fourth-order valence-corrected chi connectivity index (χ4v) is 7.72. The number of halogens is 1. The molecule has 2 nitrogen and oxygen atoms in total. The highest BCUT2D eigenvalue weighted by molar-refractivity contribution is 9.10. The van der Waals surface area contributed by atoms with Crippen molar-refractivity contribution in [1.82, 2.24) is 0 Å². The van der Waals surface area contributed by atoms with Gasteiger partial charge < -0.3 is 9.80 Å². The van der Waals surface area contributed by atoms with Crippen molar-refractivity contribution >= 4 is 55.6 Å². The van der Waals surface area contributed by atoms with Crippen LogP contribution in [-0.2, 0) is 10.8 Å². The molecule has 3 heteroatoms. The lowest BCUT2D eigenvalue weighted by atomic mass is 9.73. The van der Waals surface area contributed by atoms with E-state index in [0.29, 0.717) is 0 Å².